The fourth-order valence-corrected chi connectivity index (χ4v) is 4.13. The Hall–Kier alpha value is -1.79. The number of oxazole rings is 1. The maximum absolute atomic E-state index is 12.4. The minimum Gasteiger partial charge on any atom is -0.425 e. The Morgan fingerprint density at radius 3 is 2.74 bits per heavy atom. The molecule has 3 aliphatic rings. The maximum atomic E-state index is 12.4. The lowest BCUT2D eigenvalue weighted by molar-refractivity contribution is 0.0599. The van der Waals surface area contributed by atoms with Crippen molar-refractivity contribution in [2.45, 2.75) is 28.9 Å². The molecule has 120 valence electrons. The molecule has 5 nitrogen and oxygen atoms in total. The molecule has 1 aromatic heterocycles. The van der Waals surface area contributed by atoms with Gasteiger partial charge >= 0.3 is 5.91 Å². The number of nitrogens with zero attached hydrogens (tertiary/aromatic N) is 2. The second kappa shape index (κ2) is 6.37. The summed E-state index contributed by atoms with van der Waals surface area (Å²) in [5.74, 6) is 0.542. The van der Waals surface area contributed by atoms with Gasteiger partial charge in [-0.3, -0.25) is 4.79 Å². The average molecular weight is 329 g/mol. The first kappa shape index (κ1) is 14.8. The van der Waals surface area contributed by atoms with Crippen LogP contribution in [0.1, 0.15) is 23.5 Å². The highest BCUT2D eigenvalue weighted by Crippen LogP contribution is 2.29. The predicted octanol–water partition coefficient (Wildman–Crippen LogP) is 2.65. The van der Waals surface area contributed by atoms with Gasteiger partial charge in [-0.2, -0.15) is 0 Å². The third-order valence-corrected chi connectivity index (χ3v) is 5.51. The van der Waals surface area contributed by atoms with Crippen LogP contribution in [0.2, 0.25) is 0 Å². The number of amides is 1. The van der Waals surface area contributed by atoms with Crippen LogP contribution in [0.25, 0.3) is 0 Å². The Morgan fingerprint density at radius 1 is 1.26 bits per heavy atom. The van der Waals surface area contributed by atoms with Crippen LogP contribution in [0, 0.1) is 5.92 Å². The molecule has 0 spiro atoms. The van der Waals surface area contributed by atoms with Crippen LogP contribution in [-0.4, -0.2) is 41.5 Å². The van der Waals surface area contributed by atoms with Crippen molar-refractivity contribution in [3.63, 3.8) is 0 Å². The minimum atomic E-state index is -0.205. The molecule has 0 saturated carbocycles. The van der Waals surface area contributed by atoms with Crippen molar-refractivity contribution >= 4 is 17.7 Å². The molecule has 1 atom stereocenters. The molecule has 0 radical (unpaired) electrons. The number of piperidine rings is 3. The number of hydrogen-bond acceptors (Lipinski definition) is 5. The zero-order valence-electron chi connectivity index (χ0n) is 12.8. The molecule has 6 heteroatoms. The van der Waals surface area contributed by atoms with Gasteiger partial charge in [-0.15, -0.1) is 0 Å². The number of hydrogen-bond donors (Lipinski definition) is 1. The number of carbonyl (C=O) groups excluding carboxylic acids is 1. The normalized spacial score (nSPS) is 26.2. The van der Waals surface area contributed by atoms with Crippen LogP contribution in [0.3, 0.4) is 0 Å². The van der Waals surface area contributed by atoms with Crippen LogP contribution in [0.15, 0.2) is 50.9 Å². The van der Waals surface area contributed by atoms with Gasteiger partial charge in [0.15, 0.2) is 5.09 Å². The van der Waals surface area contributed by atoms with Crippen LogP contribution in [0.5, 0.6) is 0 Å². The summed E-state index contributed by atoms with van der Waals surface area (Å²) in [4.78, 5) is 20.0. The lowest BCUT2D eigenvalue weighted by Crippen LogP contribution is -2.57. The number of nitrogens with one attached hydrogen (secondary N) is 1. The van der Waals surface area contributed by atoms with E-state index in [4.69, 9.17) is 4.42 Å². The number of rotatable bonds is 4. The number of aromatic nitrogens is 1. The molecular formula is C17H19N3O2S. The molecule has 23 heavy (non-hydrogen) atoms. The molecule has 1 unspecified atom stereocenters. The van der Waals surface area contributed by atoms with Crippen molar-refractivity contribution in [3.05, 3.63) is 42.4 Å². The van der Waals surface area contributed by atoms with Crippen LogP contribution < -0.4 is 5.32 Å². The van der Waals surface area contributed by atoms with E-state index in [1.54, 1.807) is 6.20 Å². The highest BCUT2D eigenvalue weighted by Gasteiger charge is 2.35. The largest absolute Gasteiger partial charge is 0.425 e. The van der Waals surface area contributed by atoms with E-state index in [-0.39, 0.29) is 17.8 Å². The van der Waals surface area contributed by atoms with Crippen LogP contribution in [0.4, 0.5) is 0 Å². The predicted molar refractivity (Wildman–Crippen MR) is 87.5 cm³/mol. The summed E-state index contributed by atoms with van der Waals surface area (Å²) in [7, 11) is 0. The fraction of sp³-hybridized carbons (Fsp3) is 0.412. The van der Waals surface area contributed by atoms with Gasteiger partial charge < -0.3 is 14.6 Å². The summed E-state index contributed by atoms with van der Waals surface area (Å²) < 4.78 is 5.60. The molecule has 3 aliphatic heterocycles. The molecule has 3 saturated heterocycles. The summed E-state index contributed by atoms with van der Waals surface area (Å²) in [6.07, 6.45) is 3.96. The van der Waals surface area contributed by atoms with Crippen molar-refractivity contribution in [3.8, 4) is 0 Å². The summed E-state index contributed by atoms with van der Waals surface area (Å²) >= 11 is 1.47. The Kier molecular flexibility index (Phi) is 4.10. The number of benzene rings is 1. The van der Waals surface area contributed by atoms with Crippen molar-refractivity contribution < 1.29 is 9.21 Å². The first-order valence-corrected chi connectivity index (χ1v) is 8.81. The van der Waals surface area contributed by atoms with Gasteiger partial charge in [-0.25, -0.2) is 4.98 Å². The second-order valence-electron chi connectivity index (χ2n) is 6.12. The van der Waals surface area contributed by atoms with Crippen molar-refractivity contribution in [2.24, 2.45) is 5.92 Å². The minimum absolute atomic E-state index is 0.153. The SMILES string of the molecule is O=C(NC1CN2CCC1CC2)c1ncc(Sc2ccccc2)o1. The molecule has 5 rings (SSSR count). The highest BCUT2D eigenvalue weighted by molar-refractivity contribution is 7.99. The zero-order chi connectivity index (χ0) is 15.6. The van der Waals surface area contributed by atoms with E-state index < -0.39 is 0 Å². The summed E-state index contributed by atoms with van der Waals surface area (Å²) in [5, 5.41) is 3.73. The van der Waals surface area contributed by atoms with E-state index in [1.165, 1.54) is 24.6 Å². The van der Waals surface area contributed by atoms with E-state index in [0.29, 0.717) is 11.0 Å². The Labute approximate surface area is 139 Å². The third kappa shape index (κ3) is 3.28. The van der Waals surface area contributed by atoms with Crippen molar-refractivity contribution in [2.75, 3.05) is 19.6 Å². The van der Waals surface area contributed by atoms with E-state index in [0.717, 1.165) is 24.5 Å². The average Bonchev–Trinajstić information content (AvgIpc) is 3.05. The highest BCUT2D eigenvalue weighted by atomic mass is 32.2. The molecule has 1 aromatic carbocycles. The summed E-state index contributed by atoms with van der Waals surface area (Å²) in [5.41, 5.74) is 0. The second-order valence-corrected chi connectivity index (χ2v) is 7.20. The molecule has 4 heterocycles. The Morgan fingerprint density at radius 2 is 2.04 bits per heavy atom. The molecular weight excluding hydrogens is 310 g/mol. The third-order valence-electron chi connectivity index (χ3n) is 4.61. The van der Waals surface area contributed by atoms with Gasteiger partial charge in [0.05, 0.1) is 6.20 Å². The van der Waals surface area contributed by atoms with Crippen LogP contribution >= 0.6 is 11.8 Å². The molecule has 0 aliphatic carbocycles. The molecule has 2 aromatic rings. The van der Waals surface area contributed by atoms with E-state index in [2.05, 4.69) is 15.2 Å². The van der Waals surface area contributed by atoms with Gasteiger partial charge in [-0.05, 0) is 44.0 Å². The van der Waals surface area contributed by atoms with Gasteiger partial charge in [-0.1, -0.05) is 30.0 Å². The molecule has 3 fully saturated rings. The lowest BCUT2D eigenvalue weighted by atomic mass is 9.84. The smallest absolute Gasteiger partial charge is 0.307 e. The van der Waals surface area contributed by atoms with Gasteiger partial charge in [0.1, 0.15) is 0 Å². The molecule has 1 N–H and O–H groups in total. The molecule has 1 amide bonds. The van der Waals surface area contributed by atoms with Crippen molar-refractivity contribution in [1.29, 1.82) is 0 Å². The number of carbonyl (C=O) groups is 1. The summed E-state index contributed by atoms with van der Waals surface area (Å²) in [6, 6.07) is 10.1. The topological polar surface area (TPSA) is 58.4 Å². The van der Waals surface area contributed by atoms with E-state index in [1.807, 2.05) is 30.3 Å². The van der Waals surface area contributed by atoms with Gasteiger partial charge in [0, 0.05) is 17.5 Å². The van der Waals surface area contributed by atoms with E-state index >= 15 is 0 Å². The van der Waals surface area contributed by atoms with Gasteiger partial charge in [0.25, 0.3) is 5.89 Å². The van der Waals surface area contributed by atoms with Crippen LogP contribution in [-0.2, 0) is 0 Å². The lowest BCUT2D eigenvalue weighted by Gasteiger charge is -2.44. The monoisotopic (exact) mass is 329 g/mol. The standard InChI is InChI=1S/C17H19N3O2S/c21-16(19-14-11-20-8-6-12(14)7-9-20)17-18-10-15(22-17)23-13-4-2-1-3-5-13/h1-5,10,12,14H,6-9,11H2,(H,19,21). The quantitative estimate of drug-likeness (QED) is 0.934. The summed E-state index contributed by atoms with van der Waals surface area (Å²) in [6.45, 7) is 3.27. The van der Waals surface area contributed by atoms with E-state index in [9.17, 15) is 4.79 Å². The number of fused-ring (bicyclic) bond motifs is 3. The maximum Gasteiger partial charge on any atom is 0.307 e. The first-order valence-electron chi connectivity index (χ1n) is 8.00. The Bertz CT molecular complexity index is 680. The zero-order valence-corrected chi connectivity index (χ0v) is 13.6. The van der Waals surface area contributed by atoms with Gasteiger partial charge in [0.2, 0.25) is 0 Å². The fourth-order valence-electron chi connectivity index (χ4n) is 3.37. The molecule has 2 bridgehead atoms. The van der Waals surface area contributed by atoms with Crippen molar-refractivity contribution in [1.82, 2.24) is 15.2 Å². The Balaban J connectivity index is 1.39. The first-order chi connectivity index (χ1) is 11.3.